The fraction of sp³-hybridized carbons (Fsp3) is 0.227. The average Bonchev–Trinajstić information content (AvgIpc) is 2.71. The molecule has 10 heteroatoms. The molecule has 0 aliphatic carbocycles. The number of amides is 2. The summed E-state index contributed by atoms with van der Waals surface area (Å²) in [6.07, 6.45) is -0.650. The van der Waals surface area contributed by atoms with E-state index in [-0.39, 0.29) is 17.5 Å². The van der Waals surface area contributed by atoms with Gasteiger partial charge in [-0.3, -0.25) is 14.4 Å². The molecular weight excluding hydrogens is 425 g/mol. The highest BCUT2D eigenvalue weighted by Crippen LogP contribution is 2.16. The first-order valence-electron chi connectivity index (χ1n) is 9.66. The molecule has 0 saturated heterocycles. The summed E-state index contributed by atoms with van der Waals surface area (Å²) in [6.45, 7) is 1.88. The third kappa shape index (κ3) is 5.14. The van der Waals surface area contributed by atoms with E-state index < -0.39 is 53.3 Å². The van der Waals surface area contributed by atoms with E-state index >= 15 is 0 Å². The van der Waals surface area contributed by atoms with E-state index in [1.165, 1.54) is 0 Å². The van der Waals surface area contributed by atoms with Crippen molar-refractivity contribution in [2.75, 3.05) is 0 Å². The van der Waals surface area contributed by atoms with E-state index in [0.717, 1.165) is 10.9 Å². The number of nitrogens with one attached hydrogen (secondary N) is 2. The zero-order valence-corrected chi connectivity index (χ0v) is 17.0. The molecule has 168 valence electrons. The van der Waals surface area contributed by atoms with Crippen molar-refractivity contribution in [1.82, 2.24) is 10.3 Å². The molecule has 1 heterocycles. The first kappa shape index (κ1) is 23.0. The Morgan fingerprint density at radius 1 is 1.00 bits per heavy atom. The van der Waals surface area contributed by atoms with Crippen molar-refractivity contribution < 1.29 is 22.8 Å². The fourth-order valence-corrected chi connectivity index (χ4v) is 3.29. The molecule has 1 aromatic heterocycles. The monoisotopic (exact) mass is 446 g/mol. The number of carbonyl (C=O) groups is 2. The van der Waals surface area contributed by atoms with E-state index in [1.54, 1.807) is 12.1 Å². The number of hydrogen-bond acceptors (Lipinski definition) is 4. The molecule has 0 bridgehead atoms. The van der Waals surface area contributed by atoms with Gasteiger partial charge in [0.1, 0.15) is 11.9 Å². The Labute approximate surface area is 180 Å². The van der Waals surface area contributed by atoms with Crippen LogP contribution in [-0.4, -0.2) is 28.9 Å². The van der Waals surface area contributed by atoms with Gasteiger partial charge in [0.15, 0.2) is 11.6 Å². The van der Waals surface area contributed by atoms with Gasteiger partial charge in [0, 0.05) is 23.6 Å². The lowest BCUT2D eigenvalue weighted by molar-refractivity contribution is -0.128. The summed E-state index contributed by atoms with van der Waals surface area (Å²) in [4.78, 5) is 39.4. The predicted molar refractivity (Wildman–Crippen MR) is 112 cm³/mol. The zero-order chi connectivity index (χ0) is 23.6. The Hall–Kier alpha value is -3.66. The van der Waals surface area contributed by atoms with Crippen molar-refractivity contribution in [3.8, 4) is 0 Å². The van der Waals surface area contributed by atoms with Crippen LogP contribution >= 0.6 is 0 Å². The van der Waals surface area contributed by atoms with E-state index in [0.29, 0.717) is 17.6 Å². The third-order valence-corrected chi connectivity index (χ3v) is 5.03. The van der Waals surface area contributed by atoms with E-state index in [4.69, 9.17) is 11.5 Å². The summed E-state index contributed by atoms with van der Waals surface area (Å²) >= 11 is 0. The van der Waals surface area contributed by atoms with Gasteiger partial charge in [-0.05, 0) is 48.6 Å². The lowest BCUT2D eigenvalue weighted by Gasteiger charge is -2.19. The number of aryl methyl sites for hydroxylation is 1. The molecule has 32 heavy (non-hydrogen) atoms. The largest absolute Gasteiger partial charge is 0.368 e. The van der Waals surface area contributed by atoms with Crippen LogP contribution in [0.5, 0.6) is 0 Å². The van der Waals surface area contributed by atoms with Crippen LogP contribution in [-0.2, 0) is 22.4 Å². The van der Waals surface area contributed by atoms with Crippen LogP contribution in [0.1, 0.15) is 16.7 Å². The van der Waals surface area contributed by atoms with E-state index in [9.17, 15) is 27.6 Å². The van der Waals surface area contributed by atoms with Gasteiger partial charge in [0.05, 0.1) is 6.04 Å². The molecule has 0 aliphatic rings. The number of rotatable bonds is 7. The van der Waals surface area contributed by atoms with Gasteiger partial charge in [0.25, 0.3) is 5.56 Å². The Morgan fingerprint density at radius 3 is 2.38 bits per heavy atom. The summed E-state index contributed by atoms with van der Waals surface area (Å²) < 4.78 is 40.3. The highest BCUT2D eigenvalue weighted by atomic mass is 19.2. The van der Waals surface area contributed by atoms with Crippen molar-refractivity contribution in [1.29, 1.82) is 0 Å². The Morgan fingerprint density at radius 2 is 1.69 bits per heavy atom. The fourth-order valence-electron chi connectivity index (χ4n) is 3.29. The average molecular weight is 446 g/mol. The molecule has 2 atom stereocenters. The second kappa shape index (κ2) is 9.23. The standard InChI is InChI=1S/C22H21F3N4O3/c1-10-2-3-18-12(4-10)5-13(21(31)28-18)8-19(20(27)30)29-22(32)17(26)7-11-6-15(24)16(25)9-14(11)23/h2-6,9,17,19H,7-8,26H2,1H3,(H2,27,30)(H,28,31)(H,29,32)/t17-,19?/m0/s1. The van der Waals surface area contributed by atoms with Gasteiger partial charge in [-0.15, -0.1) is 0 Å². The van der Waals surface area contributed by atoms with Crippen LogP contribution in [0.15, 0.2) is 41.2 Å². The molecule has 7 nitrogen and oxygen atoms in total. The number of aromatic nitrogens is 1. The lowest BCUT2D eigenvalue weighted by atomic mass is 10.0. The molecular formula is C22H21F3N4O3. The maximum absolute atomic E-state index is 13.8. The molecule has 2 amide bonds. The minimum Gasteiger partial charge on any atom is -0.368 e. The quantitative estimate of drug-likeness (QED) is 0.408. The molecule has 0 fully saturated rings. The first-order chi connectivity index (χ1) is 15.0. The van der Waals surface area contributed by atoms with Crippen molar-refractivity contribution in [2.24, 2.45) is 11.5 Å². The topological polar surface area (TPSA) is 131 Å². The van der Waals surface area contributed by atoms with Crippen molar-refractivity contribution >= 4 is 22.7 Å². The SMILES string of the molecule is Cc1ccc2[nH]c(=O)c(CC(NC(=O)[C@@H](N)Cc3cc(F)c(F)cc3F)C(N)=O)cc2c1. The highest BCUT2D eigenvalue weighted by Gasteiger charge is 2.25. The number of halogens is 3. The van der Waals surface area contributed by atoms with Crippen LogP contribution in [0.4, 0.5) is 13.2 Å². The number of aromatic amines is 1. The smallest absolute Gasteiger partial charge is 0.251 e. The minimum absolute atomic E-state index is 0.202. The lowest BCUT2D eigenvalue weighted by Crippen LogP contribution is -2.52. The van der Waals surface area contributed by atoms with Crippen molar-refractivity contribution in [3.05, 3.63) is 80.9 Å². The number of nitrogens with two attached hydrogens (primary N) is 2. The maximum atomic E-state index is 13.8. The summed E-state index contributed by atoms with van der Waals surface area (Å²) in [7, 11) is 0. The number of benzene rings is 2. The molecule has 1 unspecified atom stereocenters. The molecule has 3 rings (SSSR count). The summed E-state index contributed by atoms with van der Waals surface area (Å²) in [5.74, 6) is -5.49. The highest BCUT2D eigenvalue weighted by molar-refractivity contribution is 5.89. The molecule has 3 aromatic rings. The molecule has 0 aliphatic heterocycles. The van der Waals surface area contributed by atoms with Crippen LogP contribution < -0.4 is 22.3 Å². The second-order valence-corrected chi connectivity index (χ2v) is 7.55. The maximum Gasteiger partial charge on any atom is 0.251 e. The Balaban J connectivity index is 1.76. The number of pyridine rings is 1. The van der Waals surface area contributed by atoms with E-state index in [2.05, 4.69) is 10.3 Å². The third-order valence-electron chi connectivity index (χ3n) is 5.03. The van der Waals surface area contributed by atoms with Crippen LogP contribution in [0, 0.1) is 24.4 Å². The molecule has 0 radical (unpaired) electrons. The predicted octanol–water partition coefficient (Wildman–Crippen LogP) is 1.34. The van der Waals surface area contributed by atoms with Gasteiger partial charge >= 0.3 is 0 Å². The number of hydrogen-bond donors (Lipinski definition) is 4. The van der Waals surface area contributed by atoms with Gasteiger partial charge in [0.2, 0.25) is 11.8 Å². The van der Waals surface area contributed by atoms with Gasteiger partial charge < -0.3 is 21.8 Å². The molecule has 6 N–H and O–H groups in total. The number of carbonyl (C=O) groups excluding carboxylic acids is 2. The van der Waals surface area contributed by atoms with Crippen molar-refractivity contribution in [2.45, 2.75) is 31.8 Å². The van der Waals surface area contributed by atoms with Gasteiger partial charge in [-0.1, -0.05) is 11.6 Å². The van der Waals surface area contributed by atoms with Crippen LogP contribution in [0.3, 0.4) is 0 Å². The number of fused-ring (bicyclic) bond motifs is 1. The van der Waals surface area contributed by atoms with Crippen LogP contribution in [0.25, 0.3) is 10.9 Å². The zero-order valence-electron chi connectivity index (χ0n) is 17.0. The molecule has 0 spiro atoms. The summed E-state index contributed by atoms with van der Waals surface area (Å²) in [5.41, 5.74) is 12.2. The Kier molecular flexibility index (Phi) is 6.64. The van der Waals surface area contributed by atoms with Gasteiger partial charge in [-0.2, -0.15) is 0 Å². The molecule has 2 aromatic carbocycles. The summed E-state index contributed by atoms with van der Waals surface area (Å²) in [6, 6.07) is 5.34. The van der Waals surface area contributed by atoms with E-state index in [1.807, 2.05) is 19.1 Å². The van der Waals surface area contributed by atoms with Crippen LogP contribution in [0.2, 0.25) is 0 Å². The first-order valence-corrected chi connectivity index (χ1v) is 9.66. The normalized spacial score (nSPS) is 13.0. The number of H-pyrrole nitrogens is 1. The minimum atomic E-state index is -1.38. The molecule has 0 saturated carbocycles. The number of primary amides is 1. The van der Waals surface area contributed by atoms with Gasteiger partial charge in [-0.25, -0.2) is 13.2 Å². The summed E-state index contributed by atoms with van der Waals surface area (Å²) in [5, 5.41) is 3.07. The Bertz CT molecular complexity index is 1260. The van der Waals surface area contributed by atoms with Crippen molar-refractivity contribution in [3.63, 3.8) is 0 Å². The second-order valence-electron chi connectivity index (χ2n) is 7.55.